The summed E-state index contributed by atoms with van der Waals surface area (Å²) < 4.78 is 17.1. The van der Waals surface area contributed by atoms with Crippen molar-refractivity contribution >= 4 is 50.4 Å². The van der Waals surface area contributed by atoms with Crippen LogP contribution in [0.25, 0.3) is 16.7 Å². The van der Waals surface area contributed by atoms with Crippen molar-refractivity contribution in [1.82, 2.24) is 9.13 Å². The monoisotopic (exact) mass is 488 g/mol. The molecule has 4 rings (SSSR count). The zero-order valence-corrected chi connectivity index (χ0v) is 17.3. The Morgan fingerprint density at radius 1 is 1.00 bits per heavy atom. The van der Waals surface area contributed by atoms with Gasteiger partial charge in [-0.15, -0.1) is 0 Å². The minimum atomic E-state index is -1.30. The Kier molecular flexibility index (Phi) is 5.05. The molecule has 0 atom stereocenters. The maximum absolute atomic E-state index is 14.7. The van der Waals surface area contributed by atoms with Gasteiger partial charge in [-0.05, 0) is 58.4 Å². The number of carbonyl (C=O) groups is 2. The first-order chi connectivity index (χ1) is 14.3. The summed E-state index contributed by atoms with van der Waals surface area (Å²) in [6, 6.07) is 14.4. The summed E-state index contributed by atoms with van der Waals surface area (Å²) in [7, 11) is 0. The highest BCUT2D eigenvalue weighted by atomic mass is 79.9. The molecule has 0 saturated carbocycles. The molecule has 0 amide bonds. The van der Waals surface area contributed by atoms with E-state index in [4.69, 9.17) is 16.7 Å². The average Bonchev–Trinajstić information content (AvgIpc) is 2.99. The molecule has 9 heteroatoms. The Labute approximate surface area is 181 Å². The molecule has 1 N–H and O–H groups in total. The molecule has 4 aromatic rings. The lowest BCUT2D eigenvalue weighted by molar-refractivity contribution is 0.0696. The number of carboxylic acids is 1. The van der Waals surface area contributed by atoms with E-state index < -0.39 is 23.4 Å². The van der Waals surface area contributed by atoms with Gasteiger partial charge < -0.3 is 5.11 Å². The first-order valence-electron chi connectivity index (χ1n) is 8.55. The van der Waals surface area contributed by atoms with Crippen LogP contribution < -0.4 is 5.69 Å². The predicted molar refractivity (Wildman–Crippen MR) is 113 cm³/mol. The van der Waals surface area contributed by atoms with Crippen LogP contribution in [-0.4, -0.2) is 26.1 Å². The fourth-order valence-corrected chi connectivity index (χ4v) is 4.12. The molecule has 30 heavy (non-hydrogen) atoms. The summed E-state index contributed by atoms with van der Waals surface area (Å²) in [4.78, 5) is 37.6. The molecule has 0 radical (unpaired) electrons. The molecule has 0 aliphatic carbocycles. The van der Waals surface area contributed by atoms with E-state index in [1.165, 1.54) is 18.2 Å². The summed E-state index contributed by atoms with van der Waals surface area (Å²) >= 11 is 9.46. The Morgan fingerprint density at radius 2 is 1.70 bits per heavy atom. The van der Waals surface area contributed by atoms with Crippen molar-refractivity contribution in [2.24, 2.45) is 0 Å². The third-order valence-electron chi connectivity index (χ3n) is 4.56. The molecule has 0 saturated heterocycles. The van der Waals surface area contributed by atoms with Crippen molar-refractivity contribution in [1.29, 1.82) is 0 Å². The quantitative estimate of drug-likeness (QED) is 0.451. The van der Waals surface area contributed by atoms with Crippen LogP contribution in [-0.2, 0) is 0 Å². The van der Waals surface area contributed by atoms with E-state index in [2.05, 4.69) is 15.9 Å². The smallest absolute Gasteiger partial charge is 0.340 e. The van der Waals surface area contributed by atoms with E-state index in [0.29, 0.717) is 4.47 Å². The number of imidazole rings is 1. The second-order valence-corrected chi connectivity index (χ2v) is 7.58. The molecule has 6 nitrogen and oxygen atoms in total. The van der Waals surface area contributed by atoms with Gasteiger partial charge >= 0.3 is 11.7 Å². The van der Waals surface area contributed by atoms with Crippen LogP contribution in [0.4, 0.5) is 4.39 Å². The summed E-state index contributed by atoms with van der Waals surface area (Å²) in [6.07, 6.45) is 0. The van der Waals surface area contributed by atoms with Crippen LogP contribution >= 0.6 is 27.5 Å². The van der Waals surface area contributed by atoms with Gasteiger partial charge in [0.2, 0.25) is 0 Å². The first kappa shape index (κ1) is 20.1. The van der Waals surface area contributed by atoms with Crippen molar-refractivity contribution < 1.29 is 19.1 Å². The molecule has 0 aliphatic heterocycles. The van der Waals surface area contributed by atoms with Gasteiger partial charge in [-0.2, -0.15) is 0 Å². The Bertz CT molecular complexity index is 1390. The zero-order valence-electron chi connectivity index (χ0n) is 15.0. The van der Waals surface area contributed by atoms with Gasteiger partial charge in [-0.1, -0.05) is 29.8 Å². The SMILES string of the molecule is O=C(O)c1ccc(-n2c(=O)n(C(=O)c3c(Cl)cccc3Br)c3ccccc32)c(F)c1. The maximum Gasteiger partial charge on any atom is 0.340 e. The van der Waals surface area contributed by atoms with Gasteiger partial charge in [0.1, 0.15) is 5.82 Å². The van der Waals surface area contributed by atoms with Crippen molar-refractivity contribution in [2.45, 2.75) is 0 Å². The van der Waals surface area contributed by atoms with Crippen LogP contribution in [0.3, 0.4) is 0 Å². The van der Waals surface area contributed by atoms with Crippen molar-refractivity contribution in [3.8, 4) is 5.69 Å². The number of hydrogen-bond donors (Lipinski definition) is 1. The lowest BCUT2D eigenvalue weighted by Gasteiger charge is -2.07. The van der Waals surface area contributed by atoms with Gasteiger partial charge in [0.15, 0.2) is 0 Å². The van der Waals surface area contributed by atoms with Gasteiger partial charge in [0.25, 0.3) is 5.91 Å². The number of benzene rings is 3. The number of carbonyl (C=O) groups excluding carboxylic acids is 1. The normalized spacial score (nSPS) is 11.0. The topological polar surface area (TPSA) is 81.3 Å². The van der Waals surface area contributed by atoms with Crippen LogP contribution in [0.1, 0.15) is 20.7 Å². The fraction of sp³-hybridized carbons (Fsp3) is 0. The Balaban J connectivity index is 2.02. The first-order valence-corrected chi connectivity index (χ1v) is 9.72. The van der Waals surface area contributed by atoms with Crippen LogP contribution in [0, 0.1) is 5.82 Å². The average molecular weight is 490 g/mol. The minimum Gasteiger partial charge on any atom is -0.478 e. The number of aromatic carboxylic acids is 1. The number of aromatic nitrogens is 2. The van der Waals surface area contributed by atoms with E-state index in [1.807, 2.05) is 0 Å². The number of carboxylic acid groups (broad SMARTS) is 1. The van der Waals surface area contributed by atoms with E-state index in [-0.39, 0.29) is 32.9 Å². The van der Waals surface area contributed by atoms with Crippen molar-refractivity contribution in [2.75, 3.05) is 0 Å². The van der Waals surface area contributed by atoms with Gasteiger partial charge in [-0.25, -0.2) is 18.5 Å². The van der Waals surface area contributed by atoms with E-state index in [9.17, 15) is 18.8 Å². The highest BCUT2D eigenvalue weighted by Gasteiger charge is 2.25. The van der Waals surface area contributed by atoms with Crippen LogP contribution in [0.2, 0.25) is 5.02 Å². The van der Waals surface area contributed by atoms with Crippen molar-refractivity contribution in [3.05, 3.63) is 97.6 Å². The second-order valence-electron chi connectivity index (χ2n) is 6.32. The standard InChI is InChI=1S/C21H11BrClFN2O4/c22-12-4-3-5-13(23)18(12)19(27)26-17-7-2-1-6-16(17)25(21(26)30)15-9-8-11(20(28)29)10-14(15)24/h1-10H,(H,28,29). The minimum absolute atomic E-state index is 0.0888. The second kappa shape index (κ2) is 7.55. The summed E-state index contributed by atoms with van der Waals surface area (Å²) in [5, 5.41) is 9.20. The number of nitrogens with zero attached hydrogens (tertiary/aromatic N) is 2. The van der Waals surface area contributed by atoms with E-state index in [0.717, 1.165) is 15.2 Å². The molecular weight excluding hydrogens is 479 g/mol. The number of hydrogen-bond acceptors (Lipinski definition) is 3. The summed E-state index contributed by atoms with van der Waals surface area (Å²) in [5.74, 6) is -2.89. The van der Waals surface area contributed by atoms with Gasteiger partial charge in [-0.3, -0.25) is 9.36 Å². The van der Waals surface area contributed by atoms with Crippen molar-refractivity contribution in [3.63, 3.8) is 0 Å². The molecule has 0 spiro atoms. The maximum atomic E-state index is 14.7. The molecule has 0 fully saturated rings. The molecule has 1 heterocycles. The van der Waals surface area contributed by atoms with Gasteiger partial charge in [0, 0.05) is 4.47 Å². The van der Waals surface area contributed by atoms with Crippen LogP contribution in [0.5, 0.6) is 0 Å². The number of rotatable bonds is 3. The molecule has 3 aromatic carbocycles. The fourth-order valence-electron chi connectivity index (χ4n) is 3.21. The van der Waals surface area contributed by atoms with E-state index >= 15 is 0 Å². The third-order valence-corrected chi connectivity index (χ3v) is 5.54. The third kappa shape index (κ3) is 3.14. The molecule has 0 aliphatic rings. The lowest BCUT2D eigenvalue weighted by Crippen LogP contribution is -2.29. The van der Waals surface area contributed by atoms with Gasteiger partial charge in [0.05, 0.1) is 32.9 Å². The van der Waals surface area contributed by atoms with Crippen LogP contribution in [0.15, 0.2) is 69.9 Å². The number of fused-ring (bicyclic) bond motifs is 1. The Morgan fingerprint density at radius 3 is 2.33 bits per heavy atom. The highest BCUT2D eigenvalue weighted by molar-refractivity contribution is 9.10. The highest BCUT2D eigenvalue weighted by Crippen LogP contribution is 2.27. The number of halogens is 3. The summed E-state index contributed by atoms with van der Waals surface area (Å²) in [5.41, 5.74) is -0.627. The molecule has 0 unspecified atom stereocenters. The lowest BCUT2D eigenvalue weighted by atomic mass is 10.2. The Hall–Kier alpha value is -3.23. The predicted octanol–water partition coefficient (Wildman–Crippen LogP) is 4.73. The molecular formula is C21H11BrClFN2O4. The zero-order chi connectivity index (χ0) is 21.6. The molecule has 150 valence electrons. The summed E-state index contributed by atoms with van der Waals surface area (Å²) in [6.45, 7) is 0. The number of para-hydroxylation sites is 2. The van der Waals surface area contributed by atoms with E-state index in [1.54, 1.807) is 36.4 Å². The molecule has 1 aromatic heterocycles. The largest absolute Gasteiger partial charge is 0.478 e. The molecule has 0 bridgehead atoms.